The smallest absolute Gasteiger partial charge is 0.246 e. The molecule has 0 fully saturated rings. The maximum absolute atomic E-state index is 12.8. The van der Waals surface area contributed by atoms with Crippen LogP contribution in [0.1, 0.15) is 33.2 Å². The Balaban J connectivity index is 1.99. The predicted octanol–water partition coefficient (Wildman–Crippen LogP) is 3.90. The van der Waals surface area contributed by atoms with Gasteiger partial charge in [-0.05, 0) is 18.1 Å². The highest BCUT2D eigenvalue weighted by Crippen LogP contribution is 2.33. The molecule has 6 heteroatoms. The lowest BCUT2D eigenvalue weighted by Crippen LogP contribution is -2.31. The molecule has 0 unspecified atom stereocenters. The Hall–Kier alpha value is -3.23. The standard InChI is InChI=1S/C21H15ClN2O3/c1-2-12-7-3-6-10-16(12)24-21(27)15(11-23)17-18(22)20(26)14-9-5-4-8-13(14)19(17)25/h3-10,15H,2H2,1H3,(H,24,27)/t15-/m1/s1. The Labute approximate surface area is 161 Å². The highest BCUT2D eigenvalue weighted by atomic mass is 35.5. The van der Waals surface area contributed by atoms with Crippen LogP contribution in [0.25, 0.3) is 0 Å². The third-order valence-corrected chi connectivity index (χ3v) is 4.81. The summed E-state index contributed by atoms with van der Waals surface area (Å²) in [5.74, 6) is -3.34. The number of nitrogens with zero attached hydrogens (tertiary/aromatic N) is 1. The number of halogens is 1. The van der Waals surface area contributed by atoms with Crippen LogP contribution in [0, 0.1) is 17.2 Å². The first-order valence-corrected chi connectivity index (χ1v) is 8.73. The van der Waals surface area contributed by atoms with Crippen molar-refractivity contribution in [1.29, 1.82) is 5.26 Å². The van der Waals surface area contributed by atoms with Crippen molar-refractivity contribution in [3.8, 4) is 6.07 Å². The molecule has 0 saturated carbocycles. The number of amides is 1. The van der Waals surface area contributed by atoms with Gasteiger partial charge in [0.15, 0.2) is 11.7 Å². The summed E-state index contributed by atoms with van der Waals surface area (Å²) in [5.41, 5.74) is 1.47. The number of rotatable bonds is 4. The van der Waals surface area contributed by atoms with Gasteiger partial charge in [-0.25, -0.2) is 0 Å². The van der Waals surface area contributed by atoms with Crippen molar-refractivity contribution >= 4 is 34.8 Å². The second-order valence-electron chi connectivity index (χ2n) is 5.99. The summed E-state index contributed by atoms with van der Waals surface area (Å²) < 4.78 is 0. The first kappa shape index (κ1) is 18.6. The molecule has 0 aromatic heterocycles. The maximum Gasteiger partial charge on any atom is 0.246 e. The molecule has 1 aliphatic rings. The number of Topliss-reactive ketones (excluding diaryl/α,β-unsaturated/α-hetero) is 2. The molecular formula is C21H15ClN2O3. The number of para-hydroxylation sites is 1. The molecule has 27 heavy (non-hydrogen) atoms. The molecule has 0 aliphatic heterocycles. The minimum Gasteiger partial charge on any atom is -0.324 e. The van der Waals surface area contributed by atoms with Gasteiger partial charge >= 0.3 is 0 Å². The summed E-state index contributed by atoms with van der Waals surface area (Å²) in [6.45, 7) is 1.94. The number of hydrogen-bond donors (Lipinski definition) is 1. The lowest BCUT2D eigenvalue weighted by Gasteiger charge is -2.21. The van der Waals surface area contributed by atoms with Crippen molar-refractivity contribution in [3.05, 3.63) is 75.8 Å². The fourth-order valence-electron chi connectivity index (χ4n) is 3.03. The molecule has 0 bridgehead atoms. The first-order valence-electron chi connectivity index (χ1n) is 8.36. The molecule has 5 nitrogen and oxygen atoms in total. The number of anilines is 1. The average Bonchev–Trinajstić information content (AvgIpc) is 2.69. The molecular weight excluding hydrogens is 364 g/mol. The van der Waals surface area contributed by atoms with Gasteiger partial charge in [0.25, 0.3) is 0 Å². The number of carbonyl (C=O) groups is 3. The summed E-state index contributed by atoms with van der Waals surface area (Å²) in [7, 11) is 0. The van der Waals surface area contributed by atoms with Crippen molar-refractivity contribution < 1.29 is 14.4 Å². The molecule has 0 heterocycles. The highest BCUT2D eigenvalue weighted by molar-refractivity contribution is 6.50. The van der Waals surface area contributed by atoms with Crippen LogP contribution in [0.5, 0.6) is 0 Å². The number of carbonyl (C=O) groups excluding carboxylic acids is 3. The summed E-state index contributed by atoms with van der Waals surface area (Å²) in [4.78, 5) is 38.0. The fraction of sp³-hybridized carbons (Fsp3) is 0.143. The minimum absolute atomic E-state index is 0.143. The number of allylic oxidation sites excluding steroid dienone is 1. The van der Waals surface area contributed by atoms with E-state index in [1.54, 1.807) is 24.3 Å². The molecule has 1 N–H and O–H groups in total. The van der Waals surface area contributed by atoms with Crippen LogP contribution in [0.3, 0.4) is 0 Å². The van der Waals surface area contributed by atoms with Gasteiger partial charge < -0.3 is 5.32 Å². The molecule has 1 aliphatic carbocycles. The van der Waals surface area contributed by atoms with Crippen molar-refractivity contribution in [2.75, 3.05) is 5.32 Å². The number of fused-ring (bicyclic) bond motifs is 1. The number of ketones is 2. The van der Waals surface area contributed by atoms with E-state index in [1.165, 1.54) is 12.1 Å². The van der Waals surface area contributed by atoms with E-state index in [1.807, 2.05) is 25.1 Å². The lowest BCUT2D eigenvalue weighted by molar-refractivity contribution is -0.117. The number of nitrogens with one attached hydrogen (secondary N) is 1. The molecule has 3 rings (SSSR count). The van der Waals surface area contributed by atoms with E-state index in [2.05, 4.69) is 5.32 Å². The van der Waals surface area contributed by atoms with Crippen molar-refractivity contribution in [3.63, 3.8) is 0 Å². The van der Waals surface area contributed by atoms with Crippen molar-refractivity contribution in [2.45, 2.75) is 13.3 Å². The van der Waals surface area contributed by atoms with E-state index >= 15 is 0 Å². The monoisotopic (exact) mass is 378 g/mol. The number of aryl methyl sites for hydroxylation is 1. The van der Waals surface area contributed by atoms with Crippen molar-refractivity contribution in [1.82, 2.24) is 0 Å². The first-order chi connectivity index (χ1) is 13.0. The van der Waals surface area contributed by atoms with Gasteiger partial charge in [0.1, 0.15) is 0 Å². The lowest BCUT2D eigenvalue weighted by atomic mass is 9.83. The van der Waals surface area contributed by atoms with Crippen LogP contribution in [0.4, 0.5) is 5.69 Å². The van der Waals surface area contributed by atoms with Crippen LogP contribution in [-0.4, -0.2) is 17.5 Å². The van der Waals surface area contributed by atoms with Gasteiger partial charge in [-0.3, -0.25) is 14.4 Å². The minimum atomic E-state index is -1.49. The Morgan fingerprint density at radius 2 is 1.67 bits per heavy atom. The third-order valence-electron chi connectivity index (χ3n) is 4.43. The summed E-state index contributed by atoms with van der Waals surface area (Å²) in [6, 6.07) is 15.2. The van der Waals surface area contributed by atoms with Crippen molar-refractivity contribution in [2.24, 2.45) is 5.92 Å². The van der Waals surface area contributed by atoms with E-state index in [9.17, 15) is 19.6 Å². The highest BCUT2D eigenvalue weighted by Gasteiger charge is 2.38. The van der Waals surface area contributed by atoms with Crippen LogP contribution >= 0.6 is 11.6 Å². The van der Waals surface area contributed by atoms with Crippen LogP contribution in [0.2, 0.25) is 0 Å². The Bertz CT molecular complexity index is 1030. The topological polar surface area (TPSA) is 87.0 Å². The second kappa shape index (κ2) is 7.56. The Morgan fingerprint density at radius 1 is 1.07 bits per heavy atom. The zero-order valence-electron chi connectivity index (χ0n) is 14.5. The Morgan fingerprint density at radius 3 is 2.30 bits per heavy atom. The van der Waals surface area contributed by atoms with E-state index in [-0.39, 0.29) is 21.7 Å². The molecule has 1 atom stereocenters. The maximum atomic E-state index is 12.8. The van der Waals surface area contributed by atoms with E-state index in [4.69, 9.17) is 11.6 Å². The van der Waals surface area contributed by atoms with Crippen LogP contribution in [-0.2, 0) is 11.2 Å². The zero-order chi connectivity index (χ0) is 19.6. The zero-order valence-corrected chi connectivity index (χ0v) is 15.2. The molecule has 2 aromatic carbocycles. The summed E-state index contributed by atoms with van der Waals surface area (Å²) in [5, 5.41) is 11.8. The van der Waals surface area contributed by atoms with Crippen LogP contribution in [0.15, 0.2) is 59.1 Å². The third kappa shape index (κ3) is 3.27. The molecule has 2 aromatic rings. The predicted molar refractivity (Wildman–Crippen MR) is 102 cm³/mol. The van der Waals surface area contributed by atoms with Gasteiger partial charge in [-0.2, -0.15) is 5.26 Å². The van der Waals surface area contributed by atoms with Gasteiger partial charge in [0.05, 0.1) is 11.1 Å². The quantitative estimate of drug-likeness (QED) is 0.874. The van der Waals surface area contributed by atoms with E-state index in [0.29, 0.717) is 12.1 Å². The largest absolute Gasteiger partial charge is 0.324 e. The summed E-state index contributed by atoms with van der Waals surface area (Å²) in [6.07, 6.45) is 0.682. The molecule has 0 saturated heterocycles. The van der Waals surface area contributed by atoms with Gasteiger partial charge in [-0.15, -0.1) is 0 Å². The van der Waals surface area contributed by atoms with Gasteiger partial charge in [0.2, 0.25) is 11.7 Å². The fourth-order valence-corrected chi connectivity index (χ4v) is 3.33. The van der Waals surface area contributed by atoms with Crippen LogP contribution < -0.4 is 5.32 Å². The number of benzene rings is 2. The molecule has 1 amide bonds. The van der Waals surface area contributed by atoms with E-state index < -0.39 is 23.4 Å². The average molecular weight is 379 g/mol. The second-order valence-corrected chi connectivity index (χ2v) is 6.37. The van der Waals surface area contributed by atoms with Gasteiger partial charge in [-0.1, -0.05) is 61.0 Å². The van der Waals surface area contributed by atoms with Gasteiger partial charge in [0, 0.05) is 22.4 Å². The van der Waals surface area contributed by atoms with E-state index in [0.717, 1.165) is 5.56 Å². The number of nitriles is 1. The molecule has 134 valence electrons. The molecule has 0 spiro atoms. The normalized spacial score (nSPS) is 14.4. The molecule has 0 radical (unpaired) electrons. The Kier molecular flexibility index (Phi) is 5.20. The number of hydrogen-bond acceptors (Lipinski definition) is 4. The SMILES string of the molecule is CCc1ccccc1NC(=O)[C@H](C#N)C1=C(Cl)C(=O)c2ccccc2C1=O. The summed E-state index contributed by atoms with van der Waals surface area (Å²) >= 11 is 6.11.